The van der Waals surface area contributed by atoms with Crippen molar-refractivity contribution in [1.82, 2.24) is 6.15 Å². The van der Waals surface area contributed by atoms with Crippen molar-refractivity contribution in [3.63, 3.8) is 0 Å². The smallest absolute Gasteiger partial charge is 0.142 e. The van der Waals surface area contributed by atoms with Crippen LogP contribution in [0.4, 0.5) is 0 Å². The second kappa shape index (κ2) is 34.5. The van der Waals surface area contributed by atoms with E-state index in [0.29, 0.717) is 6.29 Å². The minimum absolute atomic E-state index is 0. The van der Waals surface area contributed by atoms with Gasteiger partial charge in [0.1, 0.15) is 11.7 Å². The summed E-state index contributed by atoms with van der Waals surface area (Å²) in [6, 6.07) is 0. The quantitative estimate of drug-likeness (QED) is 0.241. The van der Waals surface area contributed by atoms with Gasteiger partial charge in [-0.2, -0.15) is 5.26 Å². The molecule has 8 heavy (non-hydrogen) atoms. The maximum absolute atomic E-state index is 9.06. The molecule has 0 aromatic rings. The summed E-state index contributed by atoms with van der Waals surface area (Å²) in [5.41, 5.74) is 0. The molecule has 3 N–H and O–H groups in total. The van der Waals surface area contributed by atoms with Gasteiger partial charge in [0.15, 0.2) is 0 Å². The number of hydrogen-bond donors (Lipinski definition) is 2. The first-order chi connectivity index (χ1) is 3.33. The molecule has 0 aliphatic heterocycles. The Balaban J connectivity index is -0.0000000575. The highest BCUT2D eigenvalue weighted by molar-refractivity contribution is 7.85. The number of aldehydes is 1. The maximum atomic E-state index is 9.06. The van der Waals surface area contributed by atoms with Crippen LogP contribution in [0.15, 0.2) is 12.7 Å². The third-order valence-electron chi connectivity index (χ3n) is 0.0962. The standard InChI is InChI=1S/C3H4O.CHNS.H3N/c1-2-3-4;2-1-3;/h2-3H,1H2;3H;1H3. The zero-order valence-electron chi connectivity index (χ0n) is 4.37. The van der Waals surface area contributed by atoms with Crippen molar-refractivity contribution in [2.24, 2.45) is 0 Å². The molecule has 0 spiro atoms. The van der Waals surface area contributed by atoms with Crippen LogP contribution in [0.25, 0.3) is 0 Å². The molecule has 0 heterocycles. The Bertz CT molecular complexity index is 80.5. The highest BCUT2D eigenvalue weighted by Crippen LogP contribution is 1.46. The van der Waals surface area contributed by atoms with E-state index in [2.05, 4.69) is 19.2 Å². The number of nitrogens with zero attached hydrogens (tertiary/aromatic N) is 1. The van der Waals surface area contributed by atoms with E-state index >= 15 is 0 Å². The van der Waals surface area contributed by atoms with E-state index in [1.807, 2.05) is 0 Å². The van der Waals surface area contributed by atoms with Crippen LogP contribution < -0.4 is 6.15 Å². The Morgan fingerprint density at radius 3 is 1.88 bits per heavy atom. The molecule has 0 saturated carbocycles. The summed E-state index contributed by atoms with van der Waals surface area (Å²) in [6.07, 6.45) is 1.83. The van der Waals surface area contributed by atoms with Crippen molar-refractivity contribution >= 4 is 18.9 Å². The highest BCUT2D eigenvalue weighted by Gasteiger charge is 1.38. The third kappa shape index (κ3) is 2090. The van der Waals surface area contributed by atoms with Gasteiger partial charge in [-0.25, -0.2) is 0 Å². The topological polar surface area (TPSA) is 75.9 Å². The maximum Gasteiger partial charge on any atom is 0.142 e. The molecule has 0 saturated heterocycles. The minimum Gasteiger partial charge on any atom is -0.344 e. The molecule has 0 aromatic carbocycles. The van der Waals surface area contributed by atoms with Crippen molar-refractivity contribution in [3.8, 4) is 5.40 Å². The molecule has 0 aromatic heterocycles. The molecule has 3 nitrogen and oxygen atoms in total. The molecule has 0 bridgehead atoms. The molecule has 0 aliphatic rings. The molecule has 46 valence electrons. The fourth-order valence-corrected chi connectivity index (χ4v) is 0. The van der Waals surface area contributed by atoms with Crippen molar-refractivity contribution in [3.05, 3.63) is 12.7 Å². The van der Waals surface area contributed by atoms with Crippen LogP contribution >= 0.6 is 12.6 Å². The SMILES string of the molecule is C=CC=O.N.N#CS. The average molecular weight is 132 g/mol. The fourth-order valence-electron chi connectivity index (χ4n) is 0. The number of carbonyl (C=O) groups excluding carboxylic acids is 1. The molecule has 0 amide bonds. The summed E-state index contributed by atoms with van der Waals surface area (Å²) < 4.78 is 0. The Morgan fingerprint density at radius 2 is 1.88 bits per heavy atom. The molecule has 0 fully saturated rings. The summed E-state index contributed by atoms with van der Waals surface area (Å²) in [6.45, 7) is 3.11. The Kier molecular flexibility index (Phi) is 67.7. The zero-order valence-corrected chi connectivity index (χ0v) is 5.27. The number of carbonyl (C=O) groups is 1. The van der Waals surface area contributed by atoms with Crippen LogP contribution in [0, 0.1) is 10.7 Å². The van der Waals surface area contributed by atoms with Crippen LogP contribution in [0.5, 0.6) is 0 Å². The van der Waals surface area contributed by atoms with Crippen molar-refractivity contribution in [1.29, 1.82) is 5.26 Å². The average Bonchev–Trinajstić information content (AvgIpc) is 1.69. The van der Waals surface area contributed by atoms with E-state index < -0.39 is 0 Å². The van der Waals surface area contributed by atoms with Gasteiger partial charge in [0.2, 0.25) is 0 Å². The van der Waals surface area contributed by atoms with Gasteiger partial charge < -0.3 is 6.15 Å². The first kappa shape index (κ1) is 15.7. The van der Waals surface area contributed by atoms with Gasteiger partial charge in [-0.15, -0.1) is 0 Å². The first-order valence-corrected chi connectivity index (χ1v) is 1.87. The predicted molar refractivity (Wildman–Crippen MR) is 35.9 cm³/mol. The van der Waals surface area contributed by atoms with Crippen LogP contribution in [-0.2, 0) is 4.79 Å². The van der Waals surface area contributed by atoms with Gasteiger partial charge in [0, 0.05) is 0 Å². The lowest BCUT2D eigenvalue weighted by molar-refractivity contribution is -0.104. The van der Waals surface area contributed by atoms with Crippen molar-refractivity contribution < 1.29 is 4.79 Å². The van der Waals surface area contributed by atoms with Crippen LogP contribution in [0.3, 0.4) is 0 Å². The number of hydrogen-bond acceptors (Lipinski definition) is 4. The number of thiol groups is 1. The van der Waals surface area contributed by atoms with Gasteiger partial charge >= 0.3 is 0 Å². The van der Waals surface area contributed by atoms with E-state index in [0.717, 1.165) is 0 Å². The van der Waals surface area contributed by atoms with Crippen LogP contribution in [0.2, 0.25) is 0 Å². The molecule has 4 heteroatoms. The van der Waals surface area contributed by atoms with E-state index in [9.17, 15) is 0 Å². The van der Waals surface area contributed by atoms with Crippen LogP contribution in [0.1, 0.15) is 0 Å². The first-order valence-electron chi connectivity index (χ1n) is 1.42. The summed E-state index contributed by atoms with van der Waals surface area (Å²) in [5, 5.41) is 8.63. The number of allylic oxidation sites excluding steroid dienone is 1. The van der Waals surface area contributed by atoms with Crippen LogP contribution in [-0.4, -0.2) is 6.29 Å². The van der Waals surface area contributed by atoms with E-state index in [-0.39, 0.29) is 6.15 Å². The molecular formula is C4H8N2OS. The fraction of sp³-hybridized carbons (Fsp3) is 0. The Morgan fingerprint density at radius 1 is 1.75 bits per heavy atom. The second-order valence-electron chi connectivity index (χ2n) is 0.472. The summed E-state index contributed by atoms with van der Waals surface area (Å²) in [7, 11) is 0. The molecule has 0 rings (SSSR count). The Labute approximate surface area is 54.0 Å². The van der Waals surface area contributed by atoms with Gasteiger partial charge in [0.05, 0.1) is 0 Å². The molecular weight excluding hydrogens is 124 g/mol. The minimum atomic E-state index is 0. The molecule has 0 unspecified atom stereocenters. The predicted octanol–water partition coefficient (Wildman–Crippen LogP) is 0.931. The lowest BCUT2D eigenvalue weighted by atomic mass is 10.8. The van der Waals surface area contributed by atoms with Crippen molar-refractivity contribution in [2.75, 3.05) is 0 Å². The van der Waals surface area contributed by atoms with E-state index in [1.54, 1.807) is 0 Å². The molecule has 0 aliphatic carbocycles. The summed E-state index contributed by atoms with van der Waals surface area (Å²) in [5.74, 6) is 0. The Hall–Kier alpha value is -0.790. The summed E-state index contributed by atoms with van der Waals surface area (Å²) >= 11 is 3.09. The van der Waals surface area contributed by atoms with Gasteiger partial charge in [-0.05, 0) is 6.08 Å². The van der Waals surface area contributed by atoms with Crippen molar-refractivity contribution in [2.45, 2.75) is 0 Å². The number of thiocyanates is 1. The third-order valence-corrected chi connectivity index (χ3v) is 0.0962. The number of rotatable bonds is 1. The molecule has 0 radical (unpaired) electrons. The monoisotopic (exact) mass is 132 g/mol. The summed E-state index contributed by atoms with van der Waals surface area (Å²) in [4.78, 5) is 9.06. The highest BCUT2D eigenvalue weighted by atomic mass is 32.1. The lowest BCUT2D eigenvalue weighted by Crippen LogP contribution is -1.44. The largest absolute Gasteiger partial charge is 0.344 e. The van der Waals surface area contributed by atoms with E-state index in [1.165, 1.54) is 11.5 Å². The normalized spacial score (nSPS) is 3.50. The zero-order chi connectivity index (χ0) is 6.12. The molecule has 0 atom stereocenters. The number of nitriles is 1. The lowest BCUT2D eigenvalue weighted by Gasteiger charge is -1.37. The van der Waals surface area contributed by atoms with E-state index in [4.69, 9.17) is 10.1 Å². The van der Waals surface area contributed by atoms with Gasteiger partial charge in [-0.3, -0.25) is 4.79 Å². The van der Waals surface area contributed by atoms with Gasteiger partial charge in [-0.1, -0.05) is 19.2 Å². The van der Waals surface area contributed by atoms with Gasteiger partial charge in [0.25, 0.3) is 0 Å². The second-order valence-corrected chi connectivity index (χ2v) is 0.672.